The van der Waals surface area contributed by atoms with Crippen LogP contribution in [0.1, 0.15) is 46.7 Å². The van der Waals surface area contributed by atoms with E-state index in [4.69, 9.17) is 10.7 Å². The number of nitrogens with zero attached hydrogens (tertiary/aromatic N) is 3. The lowest BCUT2D eigenvalue weighted by Crippen LogP contribution is -2.27. The standard InChI is InChI=1S/C20H26N4/c1-19(2,3)13-20(4,5)15-9-6-10-16-23-17(18(21)24(15)16)14-8-7-11-22-12-14/h6-12H,13,21H2,1-5H3. The van der Waals surface area contributed by atoms with E-state index < -0.39 is 0 Å². The van der Waals surface area contributed by atoms with Gasteiger partial charge in [0.1, 0.15) is 17.2 Å². The summed E-state index contributed by atoms with van der Waals surface area (Å²) in [5, 5.41) is 0. The van der Waals surface area contributed by atoms with E-state index in [0.29, 0.717) is 5.82 Å². The first kappa shape index (κ1) is 16.5. The first-order chi connectivity index (χ1) is 11.2. The van der Waals surface area contributed by atoms with Gasteiger partial charge in [-0.15, -0.1) is 0 Å². The van der Waals surface area contributed by atoms with E-state index in [0.717, 1.165) is 23.3 Å². The summed E-state index contributed by atoms with van der Waals surface area (Å²) in [6, 6.07) is 10.1. The maximum atomic E-state index is 6.50. The Balaban J connectivity index is 2.19. The molecule has 0 amide bonds. The predicted molar refractivity (Wildman–Crippen MR) is 99.9 cm³/mol. The lowest BCUT2D eigenvalue weighted by molar-refractivity contribution is 0.278. The third-order valence-electron chi connectivity index (χ3n) is 4.28. The van der Waals surface area contributed by atoms with Crippen molar-refractivity contribution in [1.82, 2.24) is 14.4 Å². The highest BCUT2D eigenvalue weighted by atomic mass is 15.1. The van der Waals surface area contributed by atoms with Crippen molar-refractivity contribution in [2.75, 3.05) is 5.73 Å². The van der Waals surface area contributed by atoms with Gasteiger partial charge in [0.25, 0.3) is 0 Å². The maximum Gasteiger partial charge on any atom is 0.139 e. The van der Waals surface area contributed by atoms with Gasteiger partial charge in [-0.3, -0.25) is 9.38 Å². The van der Waals surface area contributed by atoms with E-state index in [1.54, 1.807) is 12.4 Å². The SMILES string of the molecule is CC(C)(C)CC(C)(C)c1cccc2nc(-c3cccnc3)c(N)n12. The molecule has 4 heteroatoms. The molecule has 3 aromatic heterocycles. The fourth-order valence-corrected chi connectivity index (χ4v) is 3.78. The zero-order valence-electron chi connectivity index (χ0n) is 15.2. The number of nitrogens with two attached hydrogens (primary N) is 1. The van der Waals surface area contributed by atoms with Crippen molar-refractivity contribution in [3.05, 3.63) is 48.4 Å². The molecule has 3 rings (SSSR count). The molecule has 0 radical (unpaired) electrons. The molecule has 3 aromatic rings. The van der Waals surface area contributed by atoms with Crippen LogP contribution in [-0.4, -0.2) is 14.4 Å². The third-order valence-corrected chi connectivity index (χ3v) is 4.28. The number of fused-ring (bicyclic) bond motifs is 1. The highest BCUT2D eigenvalue weighted by Gasteiger charge is 2.30. The third kappa shape index (κ3) is 3.01. The molecule has 3 heterocycles. The Hall–Kier alpha value is -2.36. The molecule has 0 aliphatic rings. The van der Waals surface area contributed by atoms with Crippen molar-refractivity contribution in [2.24, 2.45) is 5.41 Å². The number of rotatable bonds is 3. The van der Waals surface area contributed by atoms with Crippen LogP contribution in [0.2, 0.25) is 0 Å². The van der Waals surface area contributed by atoms with E-state index in [1.165, 1.54) is 5.69 Å². The van der Waals surface area contributed by atoms with Crippen molar-refractivity contribution < 1.29 is 0 Å². The van der Waals surface area contributed by atoms with Crippen LogP contribution in [0, 0.1) is 5.41 Å². The molecule has 4 nitrogen and oxygen atoms in total. The van der Waals surface area contributed by atoms with Crippen LogP contribution in [0.4, 0.5) is 5.82 Å². The van der Waals surface area contributed by atoms with E-state index in [9.17, 15) is 0 Å². The summed E-state index contributed by atoms with van der Waals surface area (Å²) < 4.78 is 2.09. The van der Waals surface area contributed by atoms with Crippen molar-refractivity contribution in [2.45, 2.75) is 46.5 Å². The second-order valence-electron chi connectivity index (χ2n) is 8.31. The molecule has 0 fully saturated rings. The van der Waals surface area contributed by atoms with Gasteiger partial charge in [-0.2, -0.15) is 0 Å². The second-order valence-corrected chi connectivity index (χ2v) is 8.31. The summed E-state index contributed by atoms with van der Waals surface area (Å²) >= 11 is 0. The summed E-state index contributed by atoms with van der Waals surface area (Å²) in [7, 11) is 0. The van der Waals surface area contributed by atoms with E-state index in [1.807, 2.05) is 18.2 Å². The first-order valence-corrected chi connectivity index (χ1v) is 8.37. The largest absolute Gasteiger partial charge is 0.383 e. The van der Waals surface area contributed by atoms with Gasteiger partial charge in [-0.1, -0.05) is 40.7 Å². The van der Waals surface area contributed by atoms with Crippen molar-refractivity contribution >= 4 is 11.5 Å². The molecular formula is C20H26N4. The highest BCUT2D eigenvalue weighted by Crippen LogP contribution is 2.38. The number of imidazole rings is 1. The molecule has 2 N–H and O–H groups in total. The van der Waals surface area contributed by atoms with Gasteiger partial charge in [-0.05, 0) is 36.1 Å². The Morgan fingerprint density at radius 3 is 2.42 bits per heavy atom. The molecule has 0 saturated carbocycles. The van der Waals surface area contributed by atoms with Gasteiger partial charge in [0.15, 0.2) is 0 Å². The number of aromatic nitrogens is 3. The molecule has 0 aromatic carbocycles. The molecule has 24 heavy (non-hydrogen) atoms. The topological polar surface area (TPSA) is 56.2 Å². The van der Waals surface area contributed by atoms with Crippen LogP contribution >= 0.6 is 0 Å². The van der Waals surface area contributed by atoms with Gasteiger partial charge in [0.2, 0.25) is 0 Å². The van der Waals surface area contributed by atoms with Gasteiger partial charge < -0.3 is 5.73 Å². The minimum absolute atomic E-state index is 0.0151. The lowest BCUT2D eigenvalue weighted by atomic mass is 9.74. The fourth-order valence-electron chi connectivity index (χ4n) is 3.78. The second kappa shape index (κ2) is 5.62. The Bertz CT molecular complexity index is 854. The van der Waals surface area contributed by atoms with E-state index in [-0.39, 0.29) is 10.8 Å². The zero-order chi connectivity index (χ0) is 17.5. The Kier molecular flexibility index (Phi) is 3.86. The number of anilines is 1. The summed E-state index contributed by atoms with van der Waals surface area (Å²) in [6.07, 6.45) is 4.62. The quantitative estimate of drug-likeness (QED) is 0.761. The van der Waals surface area contributed by atoms with Gasteiger partial charge in [0.05, 0.1) is 0 Å². The van der Waals surface area contributed by atoms with Crippen LogP contribution in [0.25, 0.3) is 16.9 Å². The summed E-state index contributed by atoms with van der Waals surface area (Å²) in [5.74, 6) is 0.676. The van der Waals surface area contributed by atoms with Crippen LogP contribution in [0.15, 0.2) is 42.7 Å². The van der Waals surface area contributed by atoms with Gasteiger partial charge in [-0.25, -0.2) is 4.98 Å². The minimum atomic E-state index is -0.0151. The average molecular weight is 322 g/mol. The Labute approximate surface area is 143 Å². The normalized spacial score (nSPS) is 12.7. The lowest BCUT2D eigenvalue weighted by Gasteiger charge is -2.33. The van der Waals surface area contributed by atoms with Crippen molar-refractivity contribution in [1.29, 1.82) is 0 Å². The van der Waals surface area contributed by atoms with Gasteiger partial charge >= 0.3 is 0 Å². The van der Waals surface area contributed by atoms with Crippen molar-refractivity contribution in [3.63, 3.8) is 0 Å². The number of pyridine rings is 2. The minimum Gasteiger partial charge on any atom is -0.383 e. The molecule has 126 valence electrons. The molecule has 0 saturated heterocycles. The number of nitrogen functional groups attached to an aromatic ring is 1. The fraction of sp³-hybridized carbons (Fsp3) is 0.400. The molecule has 0 aliphatic carbocycles. The molecular weight excluding hydrogens is 296 g/mol. The highest BCUT2D eigenvalue weighted by molar-refractivity contribution is 5.74. The van der Waals surface area contributed by atoms with Crippen LogP contribution in [0.3, 0.4) is 0 Å². The molecule has 0 spiro atoms. The summed E-state index contributed by atoms with van der Waals surface area (Å²) in [5.41, 5.74) is 10.5. The zero-order valence-corrected chi connectivity index (χ0v) is 15.2. The van der Waals surface area contributed by atoms with Crippen LogP contribution in [0.5, 0.6) is 0 Å². The van der Waals surface area contributed by atoms with Crippen LogP contribution < -0.4 is 5.73 Å². The smallest absolute Gasteiger partial charge is 0.139 e. The maximum absolute atomic E-state index is 6.50. The molecule has 0 atom stereocenters. The Morgan fingerprint density at radius 1 is 1.04 bits per heavy atom. The van der Waals surface area contributed by atoms with E-state index in [2.05, 4.69) is 56.1 Å². The van der Waals surface area contributed by atoms with Crippen LogP contribution in [-0.2, 0) is 5.41 Å². The number of hydrogen-bond donors (Lipinski definition) is 1. The average Bonchev–Trinajstić information content (AvgIpc) is 2.83. The van der Waals surface area contributed by atoms with E-state index >= 15 is 0 Å². The molecule has 0 bridgehead atoms. The monoisotopic (exact) mass is 322 g/mol. The molecule has 0 unspecified atom stereocenters. The first-order valence-electron chi connectivity index (χ1n) is 8.37. The van der Waals surface area contributed by atoms with Crippen molar-refractivity contribution in [3.8, 4) is 11.3 Å². The summed E-state index contributed by atoms with van der Waals surface area (Å²) in [4.78, 5) is 8.94. The molecule has 0 aliphatic heterocycles. The van der Waals surface area contributed by atoms with Gasteiger partial charge in [0, 0.05) is 29.1 Å². The summed E-state index contributed by atoms with van der Waals surface area (Å²) in [6.45, 7) is 11.4. The predicted octanol–water partition coefficient (Wildman–Crippen LogP) is 4.69. The number of hydrogen-bond acceptors (Lipinski definition) is 3. The Morgan fingerprint density at radius 2 is 1.79 bits per heavy atom.